The standard InChI is InChI=1S/C16H20N2O2/c1-4-11(3)18(5-2)15-13(16(19)20)10-12-8-6-7-9-14(12)17-15/h6-11H,4-5H2,1-3H3,(H,19,20). The average Bonchev–Trinajstić information content (AvgIpc) is 2.46. The van der Waals surface area contributed by atoms with Crippen molar-refractivity contribution < 1.29 is 9.90 Å². The predicted molar refractivity (Wildman–Crippen MR) is 81.5 cm³/mol. The Hall–Kier alpha value is -2.10. The van der Waals surface area contributed by atoms with Crippen molar-refractivity contribution in [1.29, 1.82) is 0 Å². The fourth-order valence-electron chi connectivity index (χ4n) is 2.37. The summed E-state index contributed by atoms with van der Waals surface area (Å²) in [5, 5.41) is 10.3. The van der Waals surface area contributed by atoms with E-state index in [1.165, 1.54) is 0 Å². The van der Waals surface area contributed by atoms with Gasteiger partial charge in [-0.1, -0.05) is 25.1 Å². The lowest BCUT2D eigenvalue weighted by atomic mass is 10.1. The van der Waals surface area contributed by atoms with Crippen LogP contribution in [0.25, 0.3) is 10.9 Å². The summed E-state index contributed by atoms with van der Waals surface area (Å²) in [5.41, 5.74) is 1.10. The van der Waals surface area contributed by atoms with E-state index in [1.807, 2.05) is 31.2 Å². The molecule has 2 aromatic rings. The number of nitrogens with zero attached hydrogens (tertiary/aromatic N) is 2. The number of para-hydroxylation sites is 1. The molecule has 0 saturated carbocycles. The fourth-order valence-corrected chi connectivity index (χ4v) is 2.37. The molecule has 0 saturated heterocycles. The minimum absolute atomic E-state index is 0.256. The molecule has 2 rings (SSSR count). The van der Waals surface area contributed by atoms with Crippen molar-refractivity contribution in [2.75, 3.05) is 11.4 Å². The Kier molecular flexibility index (Phi) is 4.23. The third kappa shape index (κ3) is 2.59. The monoisotopic (exact) mass is 272 g/mol. The maximum Gasteiger partial charge on any atom is 0.339 e. The summed E-state index contributed by atoms with van der Waals surface area (Å²) in [6, 6.07) is 9.57. The van der Waals surface area contributed by atoms with Crippen LogP contribution in [0, 0.1) is 0 Å². The topological polar surface area (TPSA) is 53.4 Å². The van der Waals surface area contributed by atoms with Gasteiger partial charge < -0.3 is 10.0 Å². The van der Waals surface area contributed by atoms with Gasteiger partial charge >= 0.3 is 5.97 Å². The third-order valence-electron chi connectivity index (χ3n) is 3.67. The van der Waals surface area contributed by atoms with E-state index in [2.05, 4.69) is 23.7 Å². The van der Waals surface area contributed by atoms with Gasteiger partial charge in [0.05, 0.1) is 5.52 Å². The Morgan fingerprint density at radius 2 is 2.05 bits per heavy atom. The number of fused-ring (bicyclic) bond motifs is 1. The number of rotatable bonds is 5. The summed E-state index contributed by atoms with van der Waals surface area (Å²) >= 11 is 0. The molecule has 0 spiro atoms. The molecule has 1 N–H and O–H groups in total. The van der Waals surface area contributed by atoms with E-state index in [4.69, 9.17) is 0 Å². The van der Waals surface area contributed by atoms with Crippen LogP contribution in [0.4, 0.5) is 5.82 Å². The molecule has 4 nitrogen and oxygen atoms in total. The number of anilines is 1. The van der Waals surface area contributed by atoms with Gasteiger partial charge in [-0.3, -0.25) is 0 Å². The Balaban J connectivity index is 2.65. The van der Waals surface area contributed by atoms with Crippen LogP contribution in [-0.4, -0.2) is 28.6 Å². The first-order chi connectivity index (χ1) is 9.58. The zero-order valence-corrected chi connectivity index (χ0v) is 12.1. The van der Waals surface area contributed by atoms with E-state index < -0.39 is 5.97 Å². The second-order valence-corrected chi connectivity index (χ2v) is 4.90. The van der Waals surface area contributed by atoms with Crippen molar-refractivity contribution in [2.45, 2.75) is 33.2 Å². The lowest BCUT2D eigenvalue weighted by molar-refractivity contribution is 0.0697. The maximum atomic E-state index is 11.5. The van der Waals surface area contributed by atoms with E-state index in [1.54, 1.807) is 6.07 Å². The SMILES string of the molecule is CCC(C)N(CC)c1nc2ccccc2cc1C(=O)O. The zero-order valence-electron chi connectivity index (χ0n) is 12.1. The lowest BCUT2D eigenvalue weighted by Crippen LogP contribution is -2.34. The van der Waals surface area contributed by atoms with Crippen molar-refractivity contribution in [3.8, 4) is 0 Å². The summed E-state index contributed by atoms with van der Waals surface area (Å²) in [6.45, 7) is 6.94. The van der Waals surface area contributed by atoms with Crippen molar-refractivity contribution >= 4 is 22.7 Å². The molecule has 0 aliphatic heterocycles. The molecular weight excluding hydrogens is 252 g/mol. The van der Waals surface area contributed by atoms with Crippen LogP contribution in [0.3, 0.4) is 0 Å². The molecule has 0 fully saturated rings. The molecule has 0 amide bonds. The largest absolute Gasteiger partial charge is 0.478 e. The summed E-state index contributed by atoms with van der Waals surface area (Å²) in [6.07, 6.45) is 0.946. The molecule has 4 heteroatoms. The highest BCUT2D eigenvalue weighted by Crippen LogP contribution is 2.25. The van der Waals surface area contributed by atoms with Crippen LogP contribution in [0.1, 0.15) is 37.6 Å². The third-order valence-corrected chi connectivity index (χ3v) is 3.67. The number of carboxylic acid groups (broad SMARTS) is 1. The normalized spacial score (nSPS) is 12.3. The van der Waals surface area contributed by atoms with Gasteiger partial charge in [0, 0.05) is 18.0 Å². The second kappa shape index (κ2) is 5.90. The first-order valence-corrected chi connectivity index (χ1v) is 6.98. The highest BCUT2D eigenvalue weighted by atomic mass is 16.4. The summed E-state index contributed by atoms with van der Waals surface area (Å²) in [5.74, 6) is -0.368. The van der Waals surface area contributed by atoms with Gasteiger partial charge in [0.15, 0.2) is 0 Å². The summed E-state index contributed by atoms with van der Waals surface area (Å²) in [4.78, 5) is 18.2. The van der Waals surface area contributed by atoms with E-state index in [0.717, 1.165) is 23.9 Å². The van der Waals surface area contributed by atoms with Gasteiger partial charge in [-0.25, -0.2) is 9.78 Å². The highest BCUT2D eigenvalue weighted by molar-refractivity contribution is 5.98. The van der Waals surface area contributed by atoms with E-state index in [0.29, 0.717) is 5.82 Å². The number of hydrogen-bond acceptors (Lipinski definition) is 3. The van der Waals surface area contributed by atoms with E-state index >= 15 is 0 Å². The van der Waals surface area contributed by atoms with Crippen LogP contribution >= 0.6 is 0 Å². The van der Waals surface area contributed by atoms with Crippen LogP contribution in [-0.2, 0) is 0 Å². The smallest absolute Gasteiger partial charge is 0.339 e. The van der Waals surface area contributed by atoms with E-state index in [-0.39, 0.29) is 11.6 Å². The van der Waals surface area contributed by atoms with Gasteiger partial charge in [0.2, 0.25) is 0 Å². The predicted octanol–water partition coefficient (Wildman–Crippen LogP) is 3.56. The maximum absolute atomic E-state index is 11.5. The minimum Gasteiger partial charge on any atom is -0.478 e. The Labute approximate surface area is 119 Å². The van der Waals surface area contributed by atoms with Crippen molar-refractivity contribution in [1.82, 2.24) is 4.98 Å². The van der Waals surface area contributed by atoms with Crippen molar-refractivity contribution in [3.63, 3.8) is 0 Å². The summed E-state index contributed by atoms with van der Waals surface area (Å²) in [7, 11) is 0. The van der Waals surface area contributed by atoms with Crippen LogP contribution in [0.15, 0.2) is 30.3 Å². The number of hydrogen-bond donors (Lipinski definition) is 1. The van der Waals surface area contributed by atoms with Crippen LogP contribution < -0.4 is 4.90 Å². The molecular formula is C16H20N2O2. The summed E-state index contributed by atoms with van der Waals surface area (Å²) < 4.78 is 0. The van der Waals surface area contributed by atoms with Gasteiger partial charge in [-0.15, -0.1) is 0 Å². The highest BCUT2D eigenvalue weighted by Gasteiger charge is 2.21. The second-order valence-electron chi connectivity index (χ2n) is 4.90. The Morgan fingerprint density at radius 3 is 2.65 bits per heavy atom. The number of aromatic carboxylic acids is 1. The molecule has 106 valence electrons. The van der Waals surface area contributed by atoms with Gasteiger partial charge in [0.25, 0.3) is 0 Å². The quantitative estimate of drug-likeness (QED) is 0.904. The van der Waals surface area contributed by atoms with Crippen LogP contribution in [0.5, 0.6) is 0 Å². The molecule has 0 bridgehead atoms. The molecule has 0 radical (unpaired) electrons. The molecule has 0 aliphatic carbocycles. The fraction of sp³-hybridized carbons (Fsp3) is 0.375. The van der Waals surface area contributed by atoms with Crippen LogP contribution in [0.2, 0.25) is 0 Å². The minimum atomic E-state index is -0.931. The molecule has 20 heavy (non-hydrogen) atoms. The first kappa shape index (κ1) is 14.3. The molecule has 1 aromatic carbocycles. The molecule has 1 unspecified atom stereocenters. The molecule has 1 heterocycles. The molecule has 1 atom stereocenters. The number of carbonyl (C=O) groups is 1. The number of benzene rings is 1. The van der Waals surface area contributed by atoms with E-state index in [9.17, 15) is 9.90 Å². The molecule has 1 aromatic heterocycles. The lowest BCUT2D eigenvalue weighted by Gasteiger charge is -2.29. The Morgan fingerprint density at radius 1 is 1.35 bits per heavy atom. The number of carboxylic acids is 1. The number of pyridine rings is 1. The van der Waals surface area contributed by atoms with Crippen molar-refractivity contribution in [2.24, 2.45) is 0 Å². The number of aromatic nitrogens is 1. The molecule has 0 aliphatic rings. The van der Waals surface area contributed by atoms with Gasteiger partial charge in [0.1, 0.15) is 11.4 Å². The Bertz CT molecular complexity index is 625. The van der Waals surface area contributed by atoms with Crippen molar-refractivity contribution in [3.05, 3.63) is 35.9 Å². The average molecular weight is 272 g/mol. The first-order valence-electron chi connectivity index (χ1n) is 6.98. The van der Waals surface area contributed by atoms with Gasteiger partial charge in [-0.05, 0) is 32.4 Å². The van der Waals surface area contributed by atoms with Gasteiger partial charge in [-0.2, -0.15) is 0 Å². The zero-order chi connectivity index (χ0) is 14.7.